The van der Waals surface area contributed by atoms with Gasteiger partial charge in [0.2, 0.25) is 0 Å². The van der Waals surface area contributed by atoms with Gasteiger partial charge in [0.25, 0.3) is 0 Å². The quantitative estimate of drug-likeness (QED) is 0.396. The maximum atomic E-state index is 5.93. The lowest BCUT2D eigenvalue weighted by Gasteiger charge is -2.14. The first kappa shape index (κ1) is 21.5. The summed E-state index contributed by atoms with van der Waals surface area (Å²) in [5.41, 5.74) is 2.11. The Hall–Kier alpha value is -3.18. The standard InChI is InChI=1S/C25H29NO4/c1-2-27-16-17-28-24-14-12-22(13-15-24)26-20-21-8-6-7-11-25(21)30-19-18-29-23-9-4-3-5-10-23/h3-15,26H,2,16-20H2,1H3. The van der Waals surface area contributed by atoms with Crippen LogP contribution in [0, 0.1) is 0 Å². The molecule has 3 aromatic carbocycles. The van der Waals surface area contributed by atoms with Gasteiger partial charge in [-0.25, -0.2) is 0 Å². The SMILES string of the molecule is CCOCCOc1ccc(NCc2ccccc2OCCOc2ccccc2)cc1. The summed E-state index contributed by atoms with van der Waals surface area (Å²) < 4.78 is 22.5. The second kappa shape index (κ2) is 12.4. The highest BCUT2D eigenvalue weighted by Crippen LogP contribution is 2.21. The maximum Gasteiger partial charge on any atom is 0.124 e. The minimum absolute atomic E-state index is 0.486. The number of nitrogens with one attached hydrogen (secondary N) is 1. The highest BCUT2D eigenvalue weighted by atomic mass is 16.5. The van der Waals surface area contributed by atoms with Crippen molar-refractivity contribution < 1.29 is 18.9 Å². The van der Waals surface area contributed by atoms with E-state index in [1.165, 1.54) is 0 Å². The summed E-state index contributed by atoms with van der Waals surface area (Å²) in [6.45, 7) is 5.49. The smallest absolute Gasteiger partial charge is 0.124 e. The molecule has 30 heavy (non-hydrogen) atoms. The van der Waals surface area contributed by atoms with Gasteiger partial charge in [-0.15, -0.1) is 0 Å². The summed E-state index contributed by atoms with van der Waals surface area (Å²) in [6, 6.07) is 25.7. The molecule has 158 valence electrons. The zero-order valence-electron chi connectivity index (χ0n) is 17.4. The monoisotopic (exact) mass is 407 g/mol. The fourth-order valence-electron chi connectivity index (χ4n) is 2.85. The summed E-state index contributed by atoms with van der Waals surface area (Å²) >= 11 is 0. The van der Waals surface area contributed by atoms with E-state index in [9.17, 15) is 0 Å². The summed E-state index contributed by atoms with van der Waals surface area (Å²) in [6.07, 6.45) is 0. The van der Waals surface area contributed by atoms with E-state index in [1.807, 2.05) is 79.7 Å². The molecule has 5 nitrogen and oxygen atoms in total. The van der Waals surface area contributed by atoms with Crippen LogP contribution < -0.4 is 19.5 Å². The third-order valence-electron chi connectivity index (χ3n) is 4.36. The van der Waals surface area contributed by atoms with Gasteiger partial charge < -0.3 is 24.3 Å². The molecule has 0 radical (unpaired) electrons. The predicted octanol–water partition coefficient (Wildman–Crippen LogP) is 5.17. The molecule has 0 bridgehead atoms. The molecule has 1 N–H and O–H groups in total. The Morgan fingerprint density at radius 3 is 2.03 bits per heavy atom. The van der Waals surface area contributed by atoms with Gasteiger partial charge in [0.05, 0.1) is 6.61 Å². The highest BCUT2D eigenvalue weighted by molar-refractivity contribution is 5.48. The predicted molar refractivity (Wildman–Crippen MR) is 120 cm³/mol. The third kappa shape index (κ3) is 7.33. The number of para-hydroxylation sites is 2. The van der Waals surface area contributed by atoms with Crippen molar-refractivity contribution in [1.29, 1.82) is 0 Å². The van der Waals surface area contributed by atoms with Gasteiger partial charge in [0, 0.05) is 24.4 Å². The Kier molecular flexibility index (Phi) is 8.90. The lowest BCUT2D eigenvalue weighted by atomic mass is 10.2. The van der Waals surface area contributed by atoms with Crippen LogP contribution in [0.2, 0.25) is 0 Å². The maximum absolute atomic E-state index is 5.93. The first-order valence-corrected chi connectivity index (χ1v) is 10.3. The minimum atomic E-state index is 0.486. The van der Waals surface area contributed by atoms with Crippen LogP contribution in [0.1, 0.15) is 12.5 Å². The van der Waals surface area contributed by atoms with Gasteiger partial charge in [-0.1, -0.05) is 36.4 Å². The molecular weight excluding hydrogens is 378 g/mol. The van der Waals surface area contributed by atoms with Gasteiger partial charge in [0.1, 0.15) is 37.1 Å². The summed E-state index contributed by atoms with van der Waals surface area (Å²) in [5.74, 6) is 2.54. The number of hydrogen-bond donors (Lipinski definition) is 1. The van der Waals surface area contributed by atoms with Gasteiger partial charge in [-0.3, -0.25) is 0 Å². The number of ether oxygens (including phenoxy) is 4. The van der Waals surface area contributed by atoms with Crippen LogP contribution >= 0.6 is 0 Å². The average molecular weight is 408 g/mol. The topological polar surface area (TPSA) is 49.0 Å². The molecule has 0 aliphatic rings. The molecule has 5 heteroatoms. The first-order chi connectivity index (χ1) is 14.8. The molecule has 0 unspecified atom stereocenters. The van der Waals surface area contributed by atoms with E-state index in [4.69, 9.17) is 18.9 Å². The van der Waals surface area contributed by atoms with Gasteiger partial charge in [-0.2, -0.15) is 0 Å². The molecule has 0 heterocycles. The van der Waals surface area contributed by atoms with Crippen LogP contribution in [0.15, 0.2) is 78.9 Å². The molecule has 3 aromatic rings. The average Bonchev–Trinajstić information content (AvgIpc) is 2.80. The highest BCUT2D eigenvalue weighted by Gasteiger charge is 2.04. The summed E-state index contributed by atoms with van der Waals surface area (Å²) in [4.78, 5) is 0. The largest absolute Gasteiger partial charge is 0.491 e. The Morgan fingerprint density at radius 2 is 1.27 bits per heavy atom. The van der Waals surface area contributed by atoms with E-state index in [1.54, 1.807) is 0 Å². The number of hydrogen-bond acceptors (Lipinski definition) is 5. The Labute approximate surface area is 178 Å². The van der Waals surface area contributed by atoms with Crippen molar-refractivity contribution in [3.63, 3.8) is 0 Å². The Morgan fingerprint density at radius 1 is 0.633 bits per heavy atom. The molecule has 0 saturated heterocycles. The van der Waals surface area contributed by atoms with Crippen molar-refractivity contribution in [3.8, 4) is 17.2 Å². The van der Waals surface area contributed by atoms with Crippen molar-refractivity contribution >= 4 is 5.69 Å². The molecule has 0 aliphatic carbocycles. The van der Waals surface area contributed by atoms with E-state index < -0.39 is 0 Å². The molecule has 0 amide bonds. The van der Waals surface area contributed by atoms with Gasteiger partial charge in [-0.05, 0) is 49.4 Å². The lowest BCUT2D eigenvalue weighted by Crippen LogP contribution is -2.11. The molecule has 3 rings (SSSR count). The number of anilines is 1. The molecule has 0 fully saturated rings. The van der Waals surface area contributed by atoms with E-state index in [0.717, 1.165) is 28.5 Å². The van der Waals surface area contributed by atoms with Crippen molar-refractivity contribution in [1.82, 2.24) is 0 Å². The van der Waals surface area contributed by atoms with Gasteiger partial charge in [0.15, 0.2) is 0 Å². The number of rotatable bonds is 13. The second-order valence-corrected chi connectivity index (χ2v) is 6.54. The van der Waals surface area contributed by atoms with E-state index >= 15 is 0 Å². The van der Waals surface area contributed by atoms with Crippen molar-refractivity contribution in [2.75, 3.05) is 38.4 Å². The fraction of sp³-hybridized carbons (Fsp3) is 0.280. The molecule has 0 saturated carbocycles. The van der Waals surface area contributed by atoms with Crippen molar-refractivity contribution in [2.24, 2.45) is 0 Å². The third-order valence-corrected chi connectivity index (χ3v) is 4.36. The molecule has 0 spiro atoms. The zero-order chi connectivity index (χ0) is 20.9. The number of benzene rings is 3. The van der Waals surface area contributed by atoms with E-state index in [-0.39, 0.29) is 0 Å². The van der Waals surface area contributed by atoms with Crippen LogP contribution in [0.4, 0.5) is 5.69 Å². The molecule has 0 atom stereocenters. The van der Waals surface area contributed by atoms with E-state index in [2.05, 4.69) is 11.4 Å². The van der Waals surface area contributed by atoms with Crippen LogP contribution in [-0.4, -0.2) is 33.0 Å². The van der Waals surface area contributed by atoms with Crippen molar-refractivity contribution in [3.05, 3.63) is 84.4 Å². The summed E-state index contributed by atoms with van der Waals surface area (Å²) in [5, 5.41) is 3.43. The van der Waals surface area contributed by atoms with Crippen LogP contribution in [0.5, 0.6) is 17.2 Å². The molecular formula is C25H29NO4. The van der Waals surface area contributed by atoms with Gasteiger partial charge >= 0.3 is 0 Å². The Bertz CT molecular complexity index is 853. The fourth-order valence-corrected chi connectivity index (χ4v) is 2.85. The molecule has 0 aromatic heterocycles. The second-order valence-electron chi connectivity index (χ2n) is 6.54. The normalized spacial score (nSPS) is 10.4. The van der Waals surface area contributed by atoms with Crippen LogP contribution in [-0.2, 0) is 11.3 Å². The minimum Gasteiger partial charge on any atom is -0.491 e. The zero-order valence-corrected chi connectivity index (χ0v) is 17.4. The van der Waals surface area contributed by atoms with Crippen LogP contribution in [0.3, 0.4) is 0 Å². The summed E-state index contributed by atoms with van der Waals surface area (Å²) in [7, 11) is 0. The van der Waals surface area contributed by atoms with E-state index in [0.29, 0.717) is 39.6 Å². The lowest BCUT2D eigenvalue weighted by molar-refractivity contribution is 0.110. The first-order valence-electron chi connectivity index (χ1n) is 10.3. The van der Waals surface area contributed by atoms with Crippen molar-refractivity contribution in [2.45, 2.75) is 13.5 Å². The Balaban J connectivity index is 1.44. The van der Waals surface area contributed by atoms with Crippen LogP contribution in [0.25, 0.3) is 0 Å². The molecule has 0 aliphatic heterocycles.